The Morgan fingerprint density at radius 3 is 3.07 bits per heavy atom. The molecule has 0 bridgehead atoms. The Bertz CT molecular complexity index is 206. The van der Waals surface area contributed by atoms with Crippen molar-refractivity contribution in [2.75, 3.05) is 6.61 Å². The van der Waals surface area contributed by atoms with Gasteiger partial charge < -0.3 is 10.1 Å². The van der Waals surface area contributed by atoms with Crippen LogP contribution >= 0.6 is 0 Å². The third-order valence-corrected chi connectivity index (χ3v) is 3.64. The Balaban J connectivity index is 2.60. The van der Waals surface area contributed by atoms with Gasteiger partial charge in [0.1, 0.15) is 5.60 Å². The summed E-state index contributed by atoms with van der Waals surface area (Å²) in [6.07, 6.45) is 4.03. The Hall–Kier alpha value is -0.353. The lowest BCUT2D eigenvalue weighted by Crippen LogP contribution is -2.48. The molecular formula is C10H21NO2Si. The molecule has 2 unspecified atom stereocenters. The zero-order chi connectivity index (χ0) is 10.6. The molecule has 1 aliphatic rings. The van der Waals surface area contributed by atoms with Gasteiger partial charge in [-0.25, -0.2) is 0 Å². The fraction of sp³-hybridized carbons (Fsp3) is 0.900. The maximum atomic E-state index is 11.8. The minimum atomic E-state index is -0.574. The number of amides is 1. The third kappa shape index (κ3) is 2.82. The first-order valence-corrected chi connectivity index (χ1v) is 6.69. The molecular weight excluding hydrogens is 194 g/mol. The van der Waals surface area contributed by atoms with Gasteiger partial charge in [0, 0.05) is 22.5 Å². The predicted molar refractivity (Wildman–Crippen MR) is 60.4 cm³/mol. The van der Waals surface area contributed by atoms with Gasteiger partial charge in [0.05, 0.1) is 0 Å². The van der Waals surface area contributed by atoms with E-state index in [1.165, 1.54) is 0 Å². The van der Waals surface area contributed by atoms with E-state index in [9.17, 15) is 4.79 Å². The average molecular weight is 215 g/mol. The van der Waals surface area contributed by atoms with E-state index < -0.39 is 5.60 Å². The van der Waals surface area contributed by atoms with E-state index in [1.54, 1.807) is 0 Å². The van der Waals surface area contributed by atoms with E-state index in [4.69, 9.17) is 4.74 Å². The lowest BCUT2D eigenvalue weighted by atomic mass is 9.99. The highest BCUT2D eigenvalue weighted by Crippen LogP contribution is 2.23. The van der Waals surface area contributed by atoms with Gasteiger partial charge in [0.15, 0.2) is 0 Å². The van der Waals surface area contributed by atoms with Gasteiger partial charge >= 0.3 is 0 Å². The number of nitrogens with one attached hydrogen (secondary N) is 1. The summed E-state index contributed by atoms with van der Waals surface area (Å²) < 4.78 is 5.66. The van der Waals surface area contributed by atoms with Crippen molar-refractivity contribution in [1.29, 1.82) is 0 Å². The van der Waals surface area contributed by atoms with Crippen molar-refractivity contribution >= 4 is 16.1 Å². The molecule has 0 aliphatic carbocycles. The Labute approximate surface area is 89.0 Å². The van der Waals surface area contributed by atoms with Crippen molar-refractivity contribution in [2.24, 2.45) is 0 Å². The Morgan fingerprint density at radius 1 is 1.71 bits per heavy atom. The molecule has 0 spiro atoms. The van der Waals surface area contributed by atoms with E-state index >= 15 is 0 Å². The van der Waals surface area contributed by atoms with Gasteiger partial charge in [-0.15, -0.1) is 0 Å². The maximum Gasteiger partial charge on any atom is 0.251 e. The van der Waals surface area contributed by atoms with Crippen LogP contribution in [0.25, 0.3) is 0 Å². The minimum absolute atomic E-state index is 0.0865. The molecule has 0 radical (unpaired) electrons. The van der Waals surface area contributed by atoms with Gasteiger partial charge in [-0.2, -0.15) is 0 Å². The summed E-state index contributed by atoms with van der Waals surface area (Å²) in [5.41, 5.74) is -0.149. The lowest BCUT2D eigenvalue weighted by molar-refractivity contribution is -0.145. The van der Waals surface area contributed by atoms with Crippen LogP contribution in [0, 0.1) is 0 Å². The van der Waals surface area contributed by atoms with Crippen LogP contribution in [-0.2, 0) is 9.53 Å². The van der Waals surface area contributed by atoms with Crippen LogP contribution in [-0.4, -0.2) is 34.0 Å². The third-order valence-electron chi connectivity index (χ3n) is 2.77. The summed E-state index contributed by atoms with van der Waals surface area (Å²) >= 11 is 0. The fourth-order valence-electron chi connectivity index (χ4n) is 1.77. The zero-order valence-corrected chi connectivity index (χ0v) is 11.4. The number of carbonyl (C=O) groups is 1. The monoisotopic (exact) mass is 215 g/mol. The standard InChI is InChI=1S/C10H21NO2Si/c1-3-7-13-10(2)6-4-5-8(14)11-9(10)12/h8H,3-7H2,1-2,14H3,(H,11,12). The normalized spacial score (nSPS) is 33.9. The van der Waals surface area contributed by atoms with Crippen molar-refractivity contribution in [2.45, 2.75) is 50.8 Å². The second kappa shape index (κ2) is 4.93. The molecule has 0 aromatic carbocycles. The Morgan fingerprint density at radius 2 is 2.43 bits per heavy atom. The fourth-order valence-corrected chi connectivity index (χ4v) is 2.44. The molecule has 2 atom stereocenters. The molecule has 1 amide bonds. The van der Waals surface area contributed by atoms with E-state index in [0.29, 0.717) is 12.3 Å². The number of hydrogen-bond acceptors (Lipinski definition) is 2. The summed E-state index contributed by atoms with van der Waals surface area (Å²) in [5, 5.41) is 3.04. The van der Waals surface area contributed by atoms with Gasteiger partial charge in [-0.3, -0.25) is 4.79 Å². The summed E-state index contributed by atoms with van der Waals surface area (Å²) in [6, 6.07) is 0. The van der Waals surface area contributed by atoms with Crippen molar-refractivity contribution in [3.63, 3.8) is 0 Å². The quantitative estimate of drug-likeness (QED) is 0.681. The Kier molecular flexibility index (Phi) is 4.13. The average Bonchev–Trinajstić information content (AvgIpc) is 2.25. The predicted octanol–water partition coefficient (Wildman–Crippen LogP) is 0.163. The van der Waals surface area contributed by atoms with Crippen molar-refractivity contribution in [1.82, 2.24) is 5.32 Å². The van der Waals surface area contributed by atoms with Crippen molar-refractivity contribution in [3.05, 3.63) is 0 Å². The highest BCUT2D eigenvalue weighted by atomic mass is 28.1. The molecule has 1 saturated heterocycles. The number of rotatable bonds is 3. The van der Waals surface area contributed by atoms with Crippen LogP contribution in [0.15, 0.2) is 0 Å². The molecule has 1 fully saturated rings. The van der Waals surface area contributed by atoms with E-state index in [0.717, 1.165) is 35.9 Å². The second-order valence-corrected chi connectivity index (χ2v) is 5.74. The van der Waals surface area contributed by atoms with E-state index in [-0.39, 0.29) is 5.91 Å². The highest BCUT2D eigenvalue weighted by Gasteiger charge is 2.36. The molecule has 4 heteroatoms. The molecule has 82 valence electrons. The van der Waals surface area contributed by atoms with Crippen LogP contribution in [0.2, 0.25) is 0 Å². The van der Waals surface area contributed by atoms with Crippen LogP contribution in [0.4, 0.5) is 0 Å². The summed E-state index contributed by atoms with van der Waals surface area (Å²) in [4.78, 5) is 11.8. The zero-order valence-electron chi connectivity index (χ0n) is 9.43. The van der Waals surface area contributed by atoms with Crippen molar-refractivity contribution < 1.29 is 9.53 Å². The van der Waals surface area contributed by atoms with Crippen molar-refractivity contribution in [3.8, 4) is 0 Å². The smallest absolute Gasteiger partial charge is 0.251 e. The first kappa shape index (κ1) is 11.7. The van der Waals surface area contributed by atoms with Crippen LogP contribution in [0.5, 0.6) is 0 Å². The second-order valence-electron chi connectivity index (χ2n) is 4.35. The summed E-state index contributed by atoms with van der Waals surface area (Å²) in [5.74, 6) is 0.0865. The number of hydrogen-bond donors (Lipinski definition) is 1. The first-order valence-electron chi connectivity index (χ1n) is 5.53. The SMILES string of the molecule is CCCOC1(C)CCCC([SiH3])NC1=O. The minimum Gasteiger partial charge on any atom is -0.365 e. The van der Waals surface area contributed by atoms with Crippen LogP contribution in [0.1, 0.15) is 39.5 Å². The molecule has 3 nitrogen and oxygen atoms in total. The van der Waals surface area contributed by atoms with Crippen LogP contribution in [0.3, 0.4) is 0 Å². The topological polar surface area (TPSA) is 38.3 Å². The molecule has 1 N–H and O–H groups in total. The van der Waals surface area contributed by atoms with Gasteiger partial charge in [-0.1, -0.05) is 6.92 Å². The molecule has 0 aromatic heterocycles. The molecule has 0 aromatic rings. The number of ether oxygens (including phenoxy) is 1. The lowest BCUT2D eigenvalue weighted by Gasteiger charge is -2.26. The van der Waals surface area contributed by atoms with Gasteiger partial charge in [0.25, 0.3) is 5.91 Å². The molecule has 0 saturated carbocycles. The molecule has 1 aliphatic heterocycles. The highest BCUT2D eigenvalue weighted by molar-refractivity contribution is 6.13. The van der Waals surface area contributed by atoms with E-state index in [2.05, 4.69) is 12.2 Å². The van der Waals surface area contributed by atoms with E-state index in [1.807, 2.05) is 6.92 Å². The number of carbonyl (C=O) groups excluding carboxylic acids is 1. The molecule has 1 rings (SSSR count). The first-order chi connectivity index (χ1) is 6.58. The molecule has 14 heavy (non-hydrogen) atoms. The molecule has 1 heterocycles. The van der Waals surface area contributed by atoms with Gasteiger partial charge in [0.2, 0.25) is 0 Å². The largest absolute Gasteiger partial charge is 0.365 e. The summed E-state index contributed by atoms with van der Waals surface area (Å²) in [7, 11) is 1.03. The summed E-state index contributed by atoms with van der Waals surface area (Å²) in [6.45, 7) is 4.65. The van der Waals surface area contributed by atoms with Crippen LogP contribution < -0.4 is 5.32 Å². The maximum absolute atomic E-state index is 11.8. The van der Waals surface area contributed by atoms with Gasteiger partial charge in [-0.05, 0) is 32.6 Å².